The summed E-state index contributed by atoms with van der Waals surface area (Å²) in [7, 11) is 1.48. The molecule has 3 amide bonds. The maximum atomic E-state index is 12.0. The van der Waals surface area contributed by atoms with Gasteiger partial charge in [-0.1, -0.05) is 25.4 Å². The van der Waals surface area contributed by atoms with Crippen LogP contribution in [-0.2, 0) is 14.3 Å². The highest BCUT2D eigenvalue weighted by molar-refractivity contribution is 6.32. The first-order chi connectivity index (χ1) is 11.7. The van der Waals surface area contributed by atoms with E-state index < -0.39 is 30.6 Å². The molecule has 0 spiro atoms. The molecule has 0 saturated heterocycles. The summed E-state index contributed by atoms with van der Waals surface area (Å²) in [6.45, 7) is 3.25. The third-order valence-electron chi connectivity index (χ3n) is 3.09. The first-order valence-electron chi connectivity index (χ1n) is 7.59. The molecular formula is C16H22ClN3O5. The molecule has 0 heterocycles. The van der Waals surface area contributed by atoms with Crippen molar-refractivity contribution in [1.82, 2.24) is 5.32 Å². The van der Waals surface area contributed by atoms with E-state index in [0.717, 1.165) is 0 Å². The molecule has 1 aromatic carbocycles. The van der Waals surface area contributed by atoms with Gasteiger partial charge in [-0.25, -0.2) is 9.59 Å². The molecule has 1 aromatic rings. The van der Waals surface area contributed by atoms with E-state index in [2.05, 4.69) is 10.6 Å². The minimum absolute atomic E-state index is 0.125. The van der Waals surface area contributed by atoms with Gasteiger partial charge in [-0.15, -0.1) is 0 Å². The summed E-state index contributed by atoms with van der Waals surface area (Å²) in [5, 5.41) is 5.18. The Morgan fingerprint density at radius 2 is 1.96 bits per heavy atom. The SMILES string of the molecule is COc1ccc(NC(=O)COC(=O)C(CC(C)C)NC(N)=O)cc1Cl. The van der Waals surface area contributed by atoms with Crippen LogP contribution in [-0.4, -0.2) is 37.7 Å². The number of esters is 1. The molecule has 0 aromatic heterocycles. The van der Waals surface area contributed by atoms with Crippen LogP contribution < -0.4 is 21.1 Å². The van der Waals surface area contributed by atoms with Crippen molar-refractivity contribution >= 4 is 35.2 Å². The number of carbonyl (C=O) groups excluding carboxylic acids is 3. The average molecular weight is 372 g/mol. The smallest absolute Gasteiger partial charge is 0.329 e. The Balaban J connectivity index is 2.57. The highest BCUT2D eigenvalue weighted by Crippen LogP contribution is 2.27. The van der Waals surface area contributed by atoms with E-state index in [0.29, 0.717) is 22.9 Å². The Morgan fingerprint density at radius 3 is 2.48 bits per heavy atom. The summed E-state index contributed by atoms with van der Waals surface area (Å²) in [4.78, 5) is 34.8. The van der Waals surface area contributed by atoms with Crippen molar-refractivity contribution in [2.75, 3.05) is 19.0 Å². The van der Waals surface area contributed by atoms with E-state index in [4.69, 9.17) is 26.8 Å². The number of anilines is 1. The minimum atomic E-state index is -0.902. The Morgan fingerprint density at radius 1 is 1.28 bits per heavy atom. The molecule has 1 rings (SSSR count). The van der Waals surface area contributed by atoms with Crippen LogP contribution in [0, 0.1) is 5.92 Å². The Bertz CT molecular complexity index is 636. The minimum Gasteiger partial charge on any atom is -0.495 e. The third-order valence-corrected chi connectivity index (χ3v) is 3.38. The lowest BCUT2D eigenvalue weighted by molar-refractivity contribution is -0.149. The lowest BCUT2D eigenvalue weighted by Crippen LogP contribution is -2.45. The molecule has 0 aliphatic heterocycles. The molecule has 138 valence electrons. The predicted molar refractivity (Wildman–Crippen MR) is 93.6 cm³/mol. The number of hydrogen-bond donors (Lipinski definition) is 3. The van der Waals surface area contributed by atoms with E-state index in [9.17, 15) is 14.4 Å². The molecule has 0 radical (unpaired) electrons. The van der Waals surface area contributed by atoms with Gasteiger partial charge in [0.2, 0.25) is 0 Å². The number of methoxy groups -OCH3 is 1. The zero-order chi connectivity index (χ0) is 19.0. The van der Waals surface area contributed by atoms with Crippen LogP contribution in [0.4, 0.5) is 10.5 Å². The molecule has 0 bridgehead atoms. The molecule has 9 heteroatoms. The van der Waals surface area contributed by atoms with Crippen LogP contribution in [0.15, 0.2) is 18.2 Å². The number of urea groups is 1. The molecule has 8 nitrogen and oxygen atoms in total. The van der Waals surface area contributed by atoms with Gasteiger partial charge in [0.15, 0.2) is 6.61 Å². The van der Waals surface area contributed by atoms with Crippen molar-refractivity contribution < 1.29 is 23.9 Å². The van der Waals surface area contributed by atoms with Gasteiger partial charge in [-0.3, -0.25) is 4.79 Å². The zero-order valence-electron chi connectivity index (χ0n) is 14.3. The van der Waals surface area contributed by atoms with Gasteiger partial charge in [0, 0.05) is 5.69 Å². The largest absolute Gasteiger partial charge is 0.495 e. The van der Waals surface area contributed by atoms with E-state index in [1.54, 1.807) is 12.1 Å². The number of rotatable bonds is 8. The second-order valence-electron chi connectivity index (χ2n) is 5.70. The molecule has 1 unspecified atom stereocenters. The predicted octanol–water partition coefficient (Wildman–Crippen LogP) is 1.91. The average Bonchev–Trinajstić information content (AvgIpc) is 2.51. The van der Waals surface area contributed by atoms with Crippen LogP contribution in [0.1, 0.15) is 20.3 Å². The fraction of sp³-hybridized carbons (Fsp3) is 0.438. The first-order valence-corrected chi connectivity index (χ1v) is 7.96. The summed E-state index contributed by atoms with van der Waals surface area (Å²) < 4.78 is 9.95. The van der Waals surface area contributed by atoms with Crippen LogP contribution in [0.5, 0.6) is 5.75 Å². The van der Waals surface area contributed by atoms with Crippen molar-refractivity contribution in [2.45, 2.75) is 26.3 Å². The number of ether oxygens (including phenoxy) is 2. The first kappa shape index (κ1) is 20.6. The van der Waals surface area contributed by atoms with E-state index in [-0.39, 0.29) is 5.92 Å². The number of benzene rings is 1. The van der Waals surface area contributed by atoms with E-state index in [1.807, 2.05) is 13.8 Å². The summed E-state index contributed by atoms with van der Waals surface area (Å²) in [5.74, 6) is -0.674. The summed E-state index contributed by atoms with van der Waals surface area (Å²) in [6, 6.07) is 2.97. The molecule has 25 heavy (non-hydrogen) atoms. The number of hydrogen-bond acceptors (Lipinski definition) is 5. The van der Waals surface area contributed by atoms with Gasteiger partial charge >= 0.3 is 12.0 Å². The quantitative estimate of drug-likeness (QED) is 0.603. The maximum Gasteiger partial charge on any atom is 0.329 e. The van der Waals surface area contributed by atoms with Gasteiger partial charge < -0.3 is 25.8 Å². The van der Waals surface area contributed by atoms with Crippen molar-refractivity contribution in [3.8, 4) is 5.75 Å². The van der Waals surface area contributed by atoms with Crippen molar-refractivity contribution in [3.63, 3.8) is 0 Å². The lowest BCUT2D eigenvalue weighted by atomic mass is 10.0. The second-order valence-corrected chi connectivity index (χ2v) is 6.10. The highest BCUT2D eigenvalue weighted by atomic mass is 35.5. The second kappa shape index (κ2) is 9.73. The number of amides is 3. The van der Waals surface area contributed by atoms with Gasteiger partial charge in [0.05, 0.1) is 12.1 Å². The van der Waals surface area contributed by atoms with Crippen molar-refractivity contribution in [1.29, 1.82) is 0 Å². The summed E-state index contributed by atoms with van der Waals surface area (Å²) >= 11 is 5.97. The number of nitrogens with two attached hydrogens (primary N) is 1. The van der Waals surface area contributed by atoms with Crippen LogP contribution >= 0.6 is 11.6 Å². The van der Waals surface area contributed by atoms with Crippen molar-refractivity contribution in [3.05, 3.63) is 23.2 Å². The fourth-order valence-electron chi connectivity index (χ4n) is 2.04. The molecule has 1 atom stereocenters. The fourth-order valence-corrected chi connectivity index (χ4v) is 2.29. The maximum absolute atomic E-state index is 12.0. The van der Waals surface area contributed by atoms with Gasteiger partial charge in [-0.05, 0) is 30.5 Å². The Labute approximate surface area is 151 Å². The molecule has 0 saturated carbocycles. The molecule has 0 aliphatic carbocycles. The number of halogens is 1. The van der Waals surface area contributed by atoms with Crippen LogP contribution in [0.2, 0.25) is 5.02 Å². The number of primary amides is 1. The van der Waals surface area contributed by atoms with E-state index >= 15 is 0 Å². The highest BCUT2D eigenvalue weighted by Gasteiger charge is 2.23. The van der Waals surface area contributed by atoms with Gasteiger partial charge in [-0.2, -0.15) is 0 Å². The normalized spacial score (nSPS) is 11.6. The Hall–Kier alpha value is -2.48. The number of nitrogens with one attached hydrogen (secondary N) is 2. The van der Waals surface area contributed by atoms with E-state index in [1.165, 1.54) is 13.2 Å². The van der Waals surface area contributed by atoms with Gasteiger partial charge in [0.1, 0.15) is 11.8 Å². The monoisotopic (exact) mass is 371 g/mol. The summed E-state index contributed by atoms with van der Waals surface area (Å²) in [5.41, 5.74) is 5.47. The topological polar surface area (TPSA) is 120 Å². The number of carbonyl (C=O) groups is 3. The Kier molecular flexibility index (Phi) is 8.00. The van der Waals surface area contributed by atoms with Gasteiger partial charge in [0.25, 0.3) is 5.91 Å². The molecular weight excluding hydrogens is 350 g/mol. The summed E-state index contributed by atoms with van der Waals surface area (Å²) in [6.07, 6.45) is 0.345. The third kappa shape index (κ3) is 7.30. The lowest BCUT2D eigenvalue weighted by Gasteiger charge is -2.18. The molecule has 0 aliphatic rings. The van der Waals surface area contributed by atoms with Crippen LogP contribution in [0.25, 0.3) is 0 Å². The molecule has 4 N–H and O–H groups in total. The van der Waals surface area contributed by atoms with Crippen LogP contribution in [0.3, 0.4) is 0 Å². The molecule has 0 fully saturated rings. The zero-order valence-corrected chi connectivity index (χ0v) is 15.1. The standard InChI is InChI=1S/C16H22ClN3O5/c1-9(2)6-12(20-16(18)23)15(22)25-8-14(21)19-10-4-5-13(24-3)11(17)7-10/h4-5,7,9,12H,6,8H2,1-3H3,(H,19,21)(H3,18,20,23). The van der Waals surface area contributed by atoms with Crippen molar-refractivity contribution in [2.24, 2.45) is 11.7 Å².